The van der Waals surface area contributed by atoms with Crippen LogP contribution in [0.3, 0.4) is 0 Å². The molecule has 0 aliphatic heterocycles. The summed E-state index contributed by atoms with van der Waals surface area (Å²) in [7, 11) is 0. The van der Waals surface area contributed by atoms with E-state index in [2.05, 4.69) is 10.5 Å². The molecule has 0 aliphatic carbocycles. The Morgan fingerprint density at radius 3 is 2.76 bits per heavy atom. The second-order valence-electron chi connectivity index (χ2n) is 3.36. The second kappa shape index (κ2) is 5.80. The average Bonchev–Trinajstić information content (AvgIpc) is 2.29. The van der Waals surface area contributed by atoms with Crippen LogP contribution in [-0.2, 0) is 11.3 Å². The molecule has 1 amide bonds. The maximum absolute atomic E-state index is 13.0. The van der Waals surface area contributed by atoms with Gasteiger partial charge >= 0.3 is 0 Å². The van der Waals surface area contributed by atoms with Crippen LogP contribution in [0.25, 0.3) is 0 Å². The van der Waals surface area contributed by atoms with E-state index in [1.807, 2.05) is 0 Å². The lowest BCUT2D eigenvalue weighted by Gasteiger charge is -2.08. The predicted octanol–water partition coefficient (Wildman–Crippen LogP) is -0.505. The van der Waals surface area contributed by atoms with Crippen LogP contribution in [0.2, 0.25) is 0 Å². The number of nitrogens with two attached hydrogens (primary N) is 2. The van der Waals surface area contributed by atoms with E-state index in [4.69, 9.17) is 16.7 Å². The standard InChI is InChI=1S/C10H13FN4O2/c11-7-2-1-6(4-14-5-9(12)16)8(3-7)10(13)15-17/h1-3,14,17H,4-5H2,(H2,12,16)(H2,13,15). The van der Waals surface area contributed by atoms with Gasteiger partial charge < -0.3 is 22.0 Å². The van der Waals surface area contributed by atoms with Crippen molar-refractivity contribution in [3.63, 3.8) is 0 Å². The van der Waals surface area contributed by atoms with Crippen LogP contribution < -0.4 is 16.8 Å². The van der Waals surface area contributed by atoms with Crippen molar-refractivity contribution in [2.24, 2.45) is 16.6 Å². The quantitative estimate of drug-likeness (QED) is 0.240. The molecule has 0 saturated heterocycles. The van der Waals surface area contributed by atoms with E-state index in [0.29, 0.717) is 5.56 Å². The second-order valence-corrected chi connectivity index (χ2v) is 3.36. The summed E-state index contributed by atoms with van der Waals surface area (Å²) >= 11 is 0. The largest absolute Gasteiger partial charge is 0.409 e. The molecule has 0 unspecified atom stereocenters. The number of amides is 1. The monoisotopic (exact) mass is 240 g/mol. The molecule has 6 N–H and O–H groups in total. The topological polar surface area (TPSA) is 114 Å². The van der Waals surface area contributed by atoms with E-state index in [9.17, 15) is 9.18 Å². The molecule has 0 aromatic heterocycles. The van der Waals surface area contributed by atoms with Gasteiger partial charge in [-0.1, -0.05) is 11.2 Å². The van der Waals surface area contributed by atoms with Gasteiger partial charge in [0.1, 0.15) is 5.82 Å². The summed E-state index contributed by atoms with van der Waals surface area (Å²) in [5.74, 6) is -1.19. The lowest BCUT2D eigenvalue weighted by Crippen LogP contribution is -2.29. The number of amidine groups is 1. The Balaban J connectivity index is 2.87. The minimum Gasteiger partial charge on any atom is -0.409 e. The summed E-state index contributed by atoms with van der Waals surface area (Å²) in [4.78, 5) is 10.5. The number of nitrogens with zero attached hydrogens (tertiary/aromatic N) is 1. The molecule has 1 rings (SSSR count). The van der Waals surface area contributed by atoms with Gasteiger partial charge in [-0.05, 0) is 17.7 Å². The molecule has 0 atom stereocenters. The van der Waals surface area contributed by atoms with Gasteiger partial charge in [-0.2, -0.15) is 0 Å². The number of benzene rings is 1. The zero-order valence-corrected chi connectivity index (χ0v) is 8.98. The van der Waals surface area contributed by atoms with Crippen LogP contribution in [-0.4, -0.2) is 23.5 Å². The molecular weight excluding hydrogens is 227 g/mol. The fourth-order valence-corrected chi connectivity index (χ4v) is 1.32. The highest BCUT2D eigenvalue weighted by atomic mass is 19.1. The number of nitrogens with one attached hydrogen (secondary N) is 1. The Hall–Kier alpha value is -2.15. The lowest BCUT2D eigenvalue weighted by atomic mass is 10.1. The number of carbonyl (C=O) groups excluding carboxylic acids is 1. The molecule has 0 fully saturated rings. The summed E-state index contributed by atoms with van der Waals surface area (Å²) in [6, 6.07) is 3.88. The first-order chi connectivity index (χ1) is 8.04. The van der Waals surface area contributed by atoms with Crippen molar-refractivity contribution in [2.45, 2.75) is 6.54 Å². The van der Waals surface area contributed by atoms with Crippen molar-refractivity contribution >= 4 is 11.7 Å². The lowest BCUT2D eigenvalue weighted by molar-refractivity contribution is -0.117. The fourth-order valence-electron chi connectivity index (χ4n) is 1.32. The summed E-state index contributed by atoms with van der Waals surface area (Å²) in [6.45, 7) is 0.252. The van der Waals surface area contributed by atoms with Crippen LogP contribution in [0.4, 0.5) is 4.39 Å². The zero-order valence-electron chi connectivity index (χ0n) is 8.98. The van der Waals surface area contributed by atoms with E-state index in [-0.39, 0.29) is 24.5 Å². The fraction of sp³-hybridized carbons (Fsp3) is 0.200. The third-order valence-corrected chi connectivity index (χ3v) is 2.07. The van der Waals surface area contributed by atoms with Crippen LogP contribution in [0, 0.1) is 5.82 Å². The molecule has 0 radical (unpaired) electrons. The Labute approximate surface area is 97.1 Å². The normalized spacial score (nSPS) is 11.5. The molecule has 0 spiro atoms. The third-order valence-electron chi connectivity index (χ3n) is 2.07. The third kappa shape index (κ3) is 3.72. The average molecular weight is 240 g/mol. The van der Waals surface area contributed by atoms with Gasteiger partial charge in [0.2, 0.25) is 5.91 Å². The van der Waals surface area contributed by atoms with Crippen molar-refractivity contribution < 1.29 is 14.4 Å². The number of hydrogen-bond donors (Lipinski definition) is 4. The van der Waals surface area contributed by atoms with Crippen LogP contribution in [0.15, 0.2) is 23.4 Å². The summed E-state index contributed by atoms with van der Waals surface area (Å²) in [6.07, 6.45) is 0. The summed E-state index contributed by atoms with van der Waals surface area (Å²) in [5, 5.41) is 14.1. The van der Waals surface area contributed by atoms with Gasteiger partial charge in [0, 0.05) is 12.1 Å². The van der Waals surface area contributed by atoms with Gasteiger partial charge in [-0.25, -0.2) is 4.39 Å². The molecule has 17 heavy (non-hydrogen) atoms. The predicted molar refractivity (Wildman–Crippen MR) is 59.8 cm³/mol. The molecule has 7 heteroatoms. The first kappa shape index (κ1) is 12.9. The Morgan fingerprint density at radius 1 is 1.47 bits per heavy atom. The molecule has 0 heterocycles. The molecule has 0 bridgehead atoms. The Morgan fingerprint density at radius 2 is 2.18 bits per heavy atom. The highest BCUT2D eigenvalue weighted by Gasteiger charge is 2.08. The first-order valence-electron chi connectivity index (χ1n) is 4.80. The van der Waals surface area contributed by atoms with Gasteiger partial charge in [-0.15, -0.1) is 0 Å². The molecule has 0 saturated carbocycles. The molecule has 92 valence electrons. The van der Waals surface area contributed by atoms with E-state index in [1.165, 1.54) is 12.1 Å². The van der Waals surface area contributed by atoms with Crippen LogP contribution in [0.5, 0.6) is 0 Å². The number of hydrogen-bond acceptors (Lipinski definition) is 4. The summed E-state index contributed by atoms with van der Waals surface area (Å²) in [5.41, 5.74) is 11.2. The van der Waals surface area contributed by atoms with Gasteiger partial charge in [0.25, 0.3) is 0 Å². The number of oxime groups is 1. The minimum absolute atomic E-state index is 0.00696. The molecule has 1 aromatic carbocycles. The number of halogens is 1. The van der Waals surface area contributed by atoms with Crippen molar-refractivity contribution in [1.29, 1.82) is 0 Å². The zero-order chi connectivity index (χ0) is 12.8. The maximum Gasteiger partial charge on any atom is 0.231 e. The number of rotatable bonds is 5. The summed E-state index contributed by atoms with van der Waals surface area (Å²) < 4.78 is 13.0. The van der Waals surface area contributed by atoms with Crippen molar-refractivity contribution in [2.75, 3.05) is 6.54 Å². The molecule has 0 aliphatic rings. The number of primary amides is 1. The molecular formula is C10H13FN4O2. The van der Waals surface area contributed by atoms with Crippen LogP contribution >= 0.6 is 0 Å². The highest BCUT2D eigenvalue weighted by molar-refractivity contribution is 5.98. The van der Waals surface area contributed by atoms with E-state index in [1.54, 1.807) is 0 Å². The smallest absolute Gasteiger partial charge is 0.231 e. The van der Waals surface area contributed by atoms with E-state index in [0.717, 1.165) is 6.07 Å². The SMILES string of the molecule is NC(=O)CNCc1ccc(F)cc1C(N)=NO. The van der Waals surface area contributed by atoms with E-state index >= 15 is 0 Å². The van der Waals surface area contributed by atoms with Crippen molar-refractivity contribution in [1.82, 2.24) is 5.32 Å². The van der Waals surface area contributed by atoms with Crippen molar-refractivity contribution in [3.05, 3.63) is 35.1 Å². The minimum atomic E-state index is -0.502. The van der Waals surface area contributed by atoms with Crippen molar-refractivity contribution in [3.8, 4) is 0 Å². The Kier molecular flexibility index (Phi) is 4.41. The van der Waals surface area contributed by atoms with Crippen LogP contribution in [0.1, 0.15) is 11.1 Å². The number of carbonyl (C=O) groups is 1. The van der Waals surface area contributed by atoms with Gasteiger partial charge in [-0.3, -0.25) is 4.79 Å². The first-order valence-corrected chi connectivity index (χ1v) is 4.80. The highest BCUT2D eigenvalue weighted by Crippen LogP contribution is 2.11. The van der Waals surface area contributed by atoms with Gasteiger partial charge in [0.05, 0.1) is 6.54 Å². The van der Waals surface area contributed by atoms with E-state index < -0.39 is 11.7 Å². The molecule has 6 nitrogen and oxygen atoms in total. The maximum atomic E-state index is 13.0. The Bertz CT molecular complexity index is 448. The molecule has 1 aromatic rings. The van der Waals surface area contributed by atoms with Gasteiger partial charge in [0.15, 0.2) is 5.84 Å².